The summed E-state index contributed by atoms with van der Waals surface area (Å²) in [6.45, 7) is 16.7. The number of anilines is 1. The second kappa shape index (κ2) is 18.6. The van der Waals surface area contributed by atoms with Crippen LogP contribution in [-0.2, 0) is 57.9 Å². The molecular weight excluding hydrogens is 977 g/mol. The van der Waals surface area contributed by atoms with Crippen LogP contribution < -0.4 is 4.90 Å². The Hall–Kier alpha value is -5.83. The summed E-state index contributed by atoms with van der Waals surface area (Å²) in [6, 6.07) is 21.1. The number of hydrogen-bond acceptors (Lipinski definition) is 11. The maximum Gasteiger partial charge on any atom is 0.344 e. The Bertz CT molecular complexity index is 3370. The van der Waals surface area contributed by atoms with Gasteiger partial charge in [-0.25, -0.2) is 4.79 Å². The second-order valence-corrected chi connectivity index (χ2v) is 24.6. The number of carbonyl (C=O) groups excluding carboxylic acids is 3. The van der Waals surface area contributed by atoms with Crippen molar-refractivity contribution < 1.29 is 33.7 Å². The minimum atomic E-state index is -2.17. The van der Waals surface area contributed by atoms with E-state index in [1.807, 2.05) is 14.2 Å². The highest BCUT2D eigenvalue weighted by Gasteiger charge is 2.80. The molecule has 3 fully saturated rings. The van der Waals surface area contributed by atoms with E-state index in [1.165, 1.54) is 64.6 Å². The topological polar surface area (TPSA) is 144 Å². The summed E-state index contributed by atoms with van der Waals surface area (Å²) >= 11 is 0. The first kappa shape index (κ1) is 51.6. The number of piperidine rings is 1. The Labute approximate surface area is 459 Å². The Morgan fingerprint density at radius 3 is 2.22 bits per heavy atom. The van der Waals surface area contributed by atoms with Crippen LogP contribution in [0.15, 0.2) is 96.1 Å². The monoisotopic (exact) mass is 1050 g/mol. The number of para-hydroxylation sites is 2. The number of aldehydes is 1. The van der Waals surface area contributed by atoms with Crippen molar-refractivity contribution >= 4 is 45.7 Å². The first-order valence-electron chi connectivity index (χ1n) is 29.1. The first-order chi connectivity index (χ1) is 37.7. The Morgan fingerprint density at radius 2 is 1.54 bits per heavy atom. The van der Waals surface area contributed by atoms with Gasteiger partial charge in [0, 0.05) is 116 Å². The molecule has 0 radical (unpaired) electrons. The van der Waals surface area contributed by atoms with Crippen LogP contribution in [0.25, 0.3) is 21.8 Å². The first-order valence-corrected chi connectivity index (χ1v) is 29.1. The molecule has 3 aromatic carbocycles. The minimum absolute atomic E-state index is 0.154. The number of aromatic amines is 2. The zero-order valence-electron chi connectivity index (χ0n) is 46.9. The van der Waals surface area contributed by atoms with Crippen molar-refractivity contribution in [3.05, 3.63) is 135 Å². The van der Waals surface area contributed by atoms with Crippen molar-refractivity contribution in [2.24, 2.45) is 17.3 Å². The lowest BCUT2D eigenvalue weighted by Crippen LogP contribution is -2.81. The molecule has 13 heteroatoms. The van der Waals surface area contributed by atoms with Crippen LogP contribution in [0.3, 0.4) is 0 Å². The molecule has 2 saturated heterocycles. The number of esters is 2. The minimum Gasteiger partial charge on any atom is -0.467 e. The highest BCUT2D eigenvalue weighted by molar-refractivity contribution is 5.90. The third kappa shape index (κ3) is 6.93. The Balaban J connectivity index is 0.000000208. The molecule has 6 unspecified atom stereocenters. The van der Waals surface area contributed by atoms with Crippen LogP contribution in [0, 0.1) is 24.2 Å². The summed E-state index contributed by atoms with van der Waals surface area (Å²) in [5, 5.41) is 15.8. The van der Waals surface area contributed by atoms with Crippen LogP contribution in [0.1, 0.15) is 105 Å². The average molecular weight is 1060 g/mol. The summed E-state index contributed by atoms with van der Waals surface area (Å²) in [4.78, 5) is 57.1. The van der Waals surface area contributed by atoms with Crippen LogP contribution >= 0.6 is 0 Å². The fourth-order valence-corrected chi connectivity index (χ4v) is 18.3. The van der Waals surface area contributed by atoms with E-state index in [4.69, 9.17) is 14.2 Å². The van der Waals surface area contributed by atoms with E-state index in [2.05, 4.69) is 142 Å². The fraction of sp³-hybridized carbons (Fsp3) is 0.523. The van der Waals surface area contributed by atoms with Gasteiger partial charge in [-0.05, 0) is 129 Å². The second-order valence-electron chi connectivity index (χ2n) is 24.6. The highest BCUT2D eigenvalue weighted by atomic mass is 16.6. The number of ether oxygens (including phenoxy) is 3. The maximum absolute atomic E-state index is 14.3. The number of nitrogens with zero attached hydrogens (tertiary/aromatic N) is 4. The Morgan fingerprint density at radius 1 is 0.833 bits per heavy atom. The molecule has 13 atom stereocenters. The molecular formula is C65H78N6O7. The lowest BCUT2D eigenvalue weighted by molar-refractivity contribution is -0.228. The predicted octanol–water partition coefficient (Wildman–Crippen LogP) is 8.73. The van der Waals surface area contributed by atoms with E-state index in [9.17, 15) is 19.5 Å². The number of fused-ring (bicyclic) bond motifs is 9. The third-order valence-corrected chi connectivity index (χ3v) is 21.1. The van der Waals surface area contributed by atoms with Crippen LogP contribution in [-0.4, -0.2) is 145 Å². The summed E-state index contributed by atoms with van der Waals surface area (Å²) < 4.78 is 18.7. The number of hydrogen-bond donors (Lipinski definition) is 3. The highest BCUT2D eigenvalue weighted by Crippen LogP contribution is 2.68. The summed E-state index contributed by atoms with van der Waals surface area (Å²) in [5.41, 5.74) is 9.53. The number of aliphatic hydroxyl groups is 1. The van der Waals surface area contributed by atoms with Crippen LogP contribution in [0.4, 0.5) is 5.69 Å². The van der Waals surface area contributed by atoms with Crippen molar-refractivity contribution in [2.45, 2.75) is 132 Å². The summed E-state index contributed by atoms with van der Waals surface area (Å²) in [7, 11) is 5.16. The molecule has 10 aliphatic rings. The van der Waals surface area contributed by atoms with Crippen molar-refractivity contribution in [3.8, 4) is 0 Å². The zero-order chi connectivity index (χ0) is 54.3. The molecule has 5 aromatic rings. The molecule has 13 nitrogen and oxygen atoms in total. The molecule has 78 heavy (non-hydrogen) atoms. The van der Waals surface area contributed by atoms with Gasteiger partial charge in [0.05, 0.1) is 24.3 Å². The largest absolute Gasteiger partial charge is 0.467 e. The van der Waals surface area contributed by atoms with Gasteiger partial charge in [-0.3, -0.25) is 19.5 Å². The summed E-state index contributed by atoms with van der Waals surface area (Å²) in [6.07, 6.45) is 16.3. The fourth-order valence-electron chi connectivity index (χ4n) is 18.3. The molecule has 410 valence electrons. The number of H-pyrrole nitrogens is 2. The molecule has 0 amide bonds. The standard InChI is InChI=1S/C45H56N4O6.C20H22N2O/c1-8-29-22-30-24-44(54-7,37-32(15-19-48(25-29)26-30)31-13-10-11-14-35(31)46-37)33-23-34-36(21-27(33)3)47(5)39-43(34)17-20-49-18-12-16-42(9-2,38(43)49)40(55-28(4)50)45(39,52)41(51)53-6;1-2-14-9-13-10-20(12-23)18-16(7-8-22(11-13)19(14)20)15-5-3-4-6-17(15)21-18/h10-14,16,21-23,30,38-40,46,52H,8-9,15,17-20,24-26H2,1-7H3;3-6,9,12-13,19,21H,2,7-8,10-11H2,1H3/t30-,38-,39?,40+,42+,43+,44-,45-;/m0./s1. The number of nitrogens with one attached hydrogen (secondary N) is 2. The van der Waals surface area contributed by atoms with Crippen molar-refractivity contribution in [3.63, 3.8) is 0 Å². The lowest BCUT2D eigenvalue weighted by atomic mass is 9.47. The Kier molecular flexibility index (Phi) is 12.3. The molecule has 10 heterocycles. The number of rotatable bonds is 8. The van der Waals surface area contributed by atoms with Gasteiger partial charge in [-0.1, -0.05) is 92.6 Å². The maximum atomic E-state index is 14.3. The van der Waals surface area contributed by atoms with Gasteiger partial charge in [-0.15, -0.1) is 0 Å². The van der Waals surface area contributed by atoms with Crippen molar-refractivity contribution in [2.75, 3.05) is 72.0 Å². The molecule has 2 aromatic heterocycles. The lowest BCUT2D eigenvalue weighted by Gasteiger charge is -2.63. The van der Waals surface area contributed by atoms with E-state index in [0.29, 0.717) is 12.3 Å². The summed E-state index contributed by atoms with van der Waals surface area (Å²) in [5.74, 6) is -0.539. The quantitative estimate of drug-likeness (QED) is 0.0781. The van der Waals surface area contributed by atoms with Crippen LogP contribution in [0.5, 0.6) is 0 Å². The van der Waals surface area contributed by atoms with E-state index < -0.39 is 46.1 Å². The number of methoxy groups -OCH3 is 2. The molecule has 1 saturated carbocycles. The van der Waals surface area contributed by atoms with Gasteiger partial charge in [0.2, 0.25) is 5.60 Å². The van der Waals surface area contributed by atoms with Gasteiger partial charge in [-0.2, -0.15) is 0 Å². The molecule has 8 aliphatic heterocycles. The van der Waals surface area contributed by atoms with Gasteiger partial charge in [0.25, 0.3) is 0 Å². The normalized spacial score (nSPS) is 35.8. The SMILES string of the molecule is CCC1=CC2CN3CCc4c([nH]c5ccccc45)C(C=O)(C2)C13.CCC1=C[C@@H]2CN(CCc3c([nH]c4ccccc34)[C@@](OC)(c3cc4c(cc3C)N(C)C3[C@]45CCN4CC=C[C@@](CC)([C@@H](OC(C)=O)[C@]3(O)C(=O)OC)[C@H]45)C2)C1. The van der Waals surface area contributed by atoms with Gasteiger partial charge in [0.15, 0.2) is 6.10 Å². The van der Waals surface area contributed by atoms with Gasteiger partial charge in [0.1, 0.15) is 11.9 Å². The third-order valence-electron chi connectivity index (χ3n) is 21.1. The number of carbonyl (C=O) groups is 3. The van der Waals surface area contributed by atoms with Crippen molar-refractivity contribution in [1.82, 2.24) is 24.7 Å². The number of benzene rings is 3. The molecule has 3 N–H and O–H groups in total. The van der Waals surface area contributed by atoms with E-state index in [0.717, 1.165) is 124 Å². The van der Waals surface area contributed by atoms with E-state index >= 15 is 0 Å². The van der Waals surface area contributed by atoms with E-state index in [1.54, 1.807) is 0 Å². The molecule has 2 aliphatic carbocycles. The zero-order valence-corrected chi connectivity index (χ0v) is 46.9. The van der Waals surface area contributed by atoms with Crippen LogP contribution in [0.2, 0.25) is 0 Å². The smallest absolute Gasteiger partial charge is 0.344 e. The molecule has 15 rings (SSSR count). The molecule has 1 spiro atoms. The van der Waals surface area contributed by atoms with Gasteiger partial charge >= 0.3 is 11.9 Å². The van der Waals surface area contributed by atoms with E-state index in [-0.39, 0.29) is 23.4 Å². The number of aryl methyl sites for hydroxylation is 1. The van der Waals surface area contributed by atoms with Gasteiger partial charge < -0.3 is 39.0 Å². The number of likely N-dealkylation sites (N-methyl/N-ethyl adjacent to an activating group) is 1. The van der Waals surface area contributed by atoms with Crippen molar-refractivity contribution in [1.29, 1.82) is 0 Å². The number of aromatic nitrogens is 2. The molecule has 6 bridgehead atoms. The average Bonchev–Trinajstić information content (AvgIpc) is 4.36. The predicted molar refractivity (Wildman–Crippen MR) is 304 cm³/mol.